The number of ether oxygens (including phenoxy) is 2. The third-order valence-electron chi connectivity index (χ3n) is 7.19. The molecule has 2 aliphatic rings. The summed E-state index contributed by atoms with van der Waals surface area (Å²) in [7, 11) is 0. The van der Waals surface area contributed by atoms with E-state index < -0.39 is 29.7 Å². The fourth-order valence-corrected chi connectivity index (χ4v) is 5.59. The minimum atomic E-state index is -4.91. The highest BCUT2D eigenvalue weighted by Crippen LogP contribution is 2.58. The second kappa shape index (κ2) is 7.85. The molecule has 0 spiro atoms. The molecule has 1 aliphatic carbocycles. The first-order chi connectivity index (χ1) is 17.5. The van der Waals surface area contributed by atoms with Crippen molar-refractivity contribution in [3.05, 3.63) is 77.7 Å². The predicted octanol–water partition coefficient (Wildman–Crippen LogP) is 6.02. The second-order valence-electron chi connectivity index (χ2n) is 10.1. The van der Waals surface area contributed by atoms with Gasteiger partial charge in [0.2, 0.25) is 6.79 Å². The molecule has 10 heteroatoms. The molecule has 37 heavy (non-hydrogen) atoms. The first kappa shape index (κ1) is 23.6. The van der Waals surface area contributed by atoms with Gasteiger partial charge in [0.15, 0.2) is 17.1 Å². The molecule has 0 fully saturated rings. The van der Waals surface area contributed by atoms with Crippen molar-refractivity contribution in [1.29, 1.82) is 0 Å². The summed E-state index contributed by atoms with van der Waals surface area (Å²) in [6.07, 6.45) is -3.90. The SMILES string of the molecule is CC1(C)CC(O)(C(F)(F)F)C(Nc2ccc3c(cnn3-c3ccc(F)cc3)c2)c2ccc3c(c21)OCO3. The number of rotatable bonds is 3. The fourth-order valence-electron chi connectivity index (χ4n) is 5.59. The van der Waals surface area contributed by atoms with Crippen molar-refractivity contribution in [2.24, 2.45) is 0 Å². The van der Waals surface area contributed by atoms with Crippen molar-refractivity contribution in [2.45, 2.75) is 43.5 Å². The van der Waals surface area contributed by atoms with Gasteiger partial charge in [0.05, 0.1) is 23.4 Å². The third kappa shape index (κ3) is 3.61. The number of nitrogens with one attached hydrogen (secondary N) is 1. The zero-order valence-electron chi connectivity index (χ0n) is 19.9. The van der Waals surface area contributed by atoms with Crippen LogP contribution in [0.15, 0.2) is 60.8 Å². The molecule has 2 heterocycles. The van der Waals surface area contributed by atoms with Gasteiger partial charge in [-0.3, -0.25) is 0 Å². The van der Waals surface area contributed by atoms with E-state index in [1.807, 2.05) is 0 Å². The topological polar surface area (TPSA) is 68.5 Å². The van der Waals surface area contributed by atoms with Crippen molar-refractivity contribution in [3.63, 3.8) is 0 Å². The zero-order valence-corrected chi connectivity index (χ0v) is 19.9. The van der Waals surface area contributed by atoms with Gasteiger partial charge < -0.3 is 19.9 Å². The Balaban J connectivity index is 1.44. The number of benzene rings is 3. The summed E-state index contributed by atoms with van der Waals surface area (Å²) in [5.41, 5.74) is -1.51. The molecule has 0 saturated carbocycles. The van der Waals surface area contributed by atoms with Crippen LogP contribution in [0, 0.1) is 5.82 Å². The van der Waals surface area contributed by atoms with Crippen molar-refractivity contribution < 1.29 is 32.1 Å². The number of aromatic nitrogens is 2. The van der Waals surface area contributed by atoms with E-state index in [1.165, 1.54) is 12.1 Å². The van der Waals surface area contributed by atoms with Crippen molar-refractivity contribution in [2.75, 3.05) is 12.1 Å². The van der Waals surface area contributed by atoms with Gasteiger partial charge >= 0.3 is 6.18 Å². The van der Waals surface area contributed by atoms with Crippen LogP contribution in [0.5, 0.6) is 11.5 Å². The Bertz CT molecular complexity index is 1510. The van der Waals surface area contributed by atoms with E-state index in [-0.39, 0.29) is 12.6 Å². The number of anilines is 1. The maximum absolute atomic E-state index is 14.5. The van der Waals surface area contributed by atoms with Gasteiger partial charge in [-0.15, -0.1) is 0 Å². The molecule has 0 saturated heterocycles. The average molecular weight is 513 g/mol. The number of halogens is 4. The molecule has 3 aromatic carbocycles. The normalized spacial score (nSPS) is 22.2. The predicted molar refractivity (Wildman–Crippen MR) is 129 cm³/mol. The van der Waals surface area contributed by atoms with Crippen LogP contribution in [0.3, 0.4) is 0 Å². The minimum Gasteiger partial charge on any atom is -0.454 e. The highest BCUT2D eigenvalue weighted by atomic mass is 19.4. The van der Waals surface area contributed by atoms with Crippen LogP contribution in [-0.2, 0) is 5.41 Å². The van der Waals surface area contributed by atoms with E-state index in [4.69, 9.17) is 9.47 Å². The summed E-state index contributed by atoms with van der Waals surface area (Å²) in [4.78, 5) is 0. The Morgan fingerprint density at radius 3 is 2.54 bits per heavy atom. The molecule has 6 nitrogen and oxygen atoms in total. The van der Waals surface area contributed by atoms with Gasteiger partial charge in [0.1, 0.15) is 5.82 Å². The van der Waals surface area contributed by atoms with Crippen molar-refractivity contribution >= 4 is 16.6 Å². The Morgan fingerprint density at radius 1 is 1.05 bits per heavy atom. The summed E-state index contributed by atoms with van der Waals surface area (Å²) in [6, 6.07) is 12.5. The first-order valence-corrected chi connectivity index (χ1v) is 11.7. The van der Waals surface area contributed by atoms with Crippen molar-refractivity contribution in [3.8, 4) is 17.2 Å². The van der Waals surface area contributed by atoms with Crippen LogP contribution in [-0.4, -0.2) is 33.5 Å². The Kier molecular flexibility index (Phi) is 5.01. The highest BCUT2D eigenvalue weighted by Gasteiger charge is 2.64. The average Bonchev–Trinajstić information content (AvgIpc) is 3.47. The van der Waals surface area contributed by atoms with Crippen LogP contribution in [0.25, 0.3) is 16.6 Å². The molecule has 1 aromatic heterocycles. The molecule has 6 rings (SSSR count). The second-order valence-corrected chi connectivity index (χ2v) is 10.1. The van der Waals surface area contributed by atoms with Crippen LogP contribution < -0.4 is 14.8 Å². The van der Waals surface area contributed by atoms with Crippen molar-refractivity contribution in [1.82, 2.24) is 9.78 Å². The molecular weight excluding hydrogens is 490 g/mol. The Labute approximate surface area is 209 Å². The van der Waals surface area contributed by atoms with Gasteiger partial charge in [0, 0.05) is 16.6 Å². The quantitative estimate of drug-likeness (QED) is 0.328. The zero-order chi connectivity index (χ0) is 26.2. The molecule has 0 radical (unpaired) electrons. The molecule has 4 aromatic rings. The maximum Gasteiger partial charge on any atom is 0.419 e. The van der Waals surface area contributed by atoms with E-state index in [1.54, 1.807) is 67.2 Å². The van der Waals surface area contributed by atoms with Gasteiger partial charge in [-0.1, -0.05) is 19.9 Å². The summed E-state index contributed by atoms with van der Waals surface area (Å²) in [5, 5.41) is 19.2. The van der Waals surface area contributed by atoms with Gasteiger partial charge in [-0.25, -0.2) is 9.07 Å². The smallest absolute Gasteiger partial charge is 0.419 e. The highest BCUT2D eigenvalue weighted by molar-refractivity contribution is 5.84. The molecule has 192 valence electrons. The lowest BCUT2D eigenvalue weighted by Crippen LogP contribution is -2.58. The van der Waals surface area contributed by atoms with Gasteiger partial charge in [-0.2, -0.15) is 18.3 Å². The van der Waals surface area contributed by atoms with E-state index in [2.05, 4.69) is 10.4 Å². The monoisotopic (exact) mass is 513 g/mol. The number of aliphatic hydroxyl groups is 1. The number of alkyl halides is 3. The Hall–Kier alpha value is -3.79. The van der Waals surface area contributed by atoms with E-state index in [0.29, 0.717) is 44.9 Å². The summed E-state index contributed by atoms with van der Waals surface area (Å²) < 4.78 is 69.5. The molecule has 2 atom stereocenters. The van der Waals surface area contributed by atoms with Crippen LogP contribution in [0.1, 0.15) is 37.4 Å². The molecule has 2 unspecified atom stereocenters. The summed E-state index contributed by atoms with van der Waals surface area (Å²) in [6.45, 7) is 3.31. The standard InChI is InChI=1S/C27H23F4N3O3/c1-25(2)13-26(35,27(29,30)31)24(19-8-10-21-23(22(19)25)37-14-36-21)33-17-5-9-20-15(11-17)12-32-34(20)18-6-3-16(28)4-7-18/h3-12,24,33,35H,13-14H2,1-2H3. The summed E-state index contributed by atoms with van der Waals surface area (Å²) >= 11 is 0. The largest absolute Gasteiger partial charge is 0.454 e. The maximum atomic E-state index is 14.5. The van der Waals surface area contributed by atoms with Gasteiger partial charge in [-0.05, 0) is 65.9 Å². The lowest BCUT2D eigenvalue weighted by Gasteiger charge is -2.49. The first-order valence-electron chi connectivity index (χ1n) is 11.7. The molecule has 2 N–H and O–H groups in total. The summed E-state index contributed by atoms with van der Waals surface area (Å²) in [5.74, 6) is 0.509. The number of nitrogens with zero attached hydrogens (tertiary/aromatic N) is 2. The van der Waals surface area contributed by atoms with E-state index in [0.717, 1.165) is 0 Å². The minimum absolute atomic E-state index is 0.0157. The van der Waals surface area contributed by atoms with Crippen LogP contribution in [0.2, 0.25) is 0 Å². The molecule has 0 amide bonds. The Morgan fingerprint density at radius 2 is 1.81 bits per heavy atom. The number of hydrogen-bond acceptors (Lipinski definition) is 5. The van der Waals surface area contributed by atoms with E-state index in [9.17, 15) is 22.7 Å². The molecule has 0 bridgehead atoms. The third-order valence-corrected chi connectivity index (χ3v) is 7.19. The number of fused-ring (bicyclic) bond motifs is 4. The molecular formula is C27H23F4N3O3. The molecule has 1 aliphatic heterocycles. The van der Waals surface area contributed by atoms with E-state index >= 15 is 0 Å². The van der Waals surface area contributed by atoms with Crippen LogP contribution in [0.4, 0.5) is 23.2 Å². The van der Waals surface area contributed by atoms with Gasteiger partial charge in [0.25, 0.3) is 0 Å². The fraction of sp³-hybridized carbons (Fsp3) is 0.296. The lowest BCUT2D eigenvalue weighted by atomic mass is 9.63. The lowest BCUT2D eigenvalue weighted by molar-refractivity contribution is -0.275. The van der Waals surface area contributed by atoms with Crippen LogP contribution >= 0.6 is 0 Å². The number of hydrogen-bond donors (Lipinski definition) is 2.